The predicted octanol–water partition coefficient (Wildman–Crippen LogP) is 2.78. The van der Waals surface area contributed by atoms with Crippen LogP contribution in [-0.2, 0) is 0 Å². The zero-order valence-electron chi connectivity index (χ0n) is 16.4. The summed E-state index contributed by atoms with van der Waals surface area (Å²) in [5.41, 5.74) is 5.63. The number of nitrogens with one attached hydrogen (secondary N) is 2. The largest absolute Gasteiger partial charge is 0.473 e. The van der Waals surface area contributed by atoms with Gasteiger partial charge in [0.25, 0.3) is 5.91 Å². The molecular weight excluding hydrogens is 406 g/mol. The highest BCUT2D eigenvalue weighted by molar-refractivity contribution is 6.07. The number of aromatic nitrogens is 3. The number of carbonyl (C=O) groups excluding carboxylic acids is 1. The van der Waals surface area contributed by atoms with Gasteiger partial charge in [-0.15, -0.1) is 0 Å². The number of hydrogen-bond donors (Lipinski definition) is 3. The summed E-state index contributed by atoms with van der Waals surface area (Å²) in [6.07, 6.45) is 4.30. The van der Waals surface area contributed by atoms with E-state index in [1.807, 2.05) is 0 Å². The molecule has 1 aliphatic rings. The molecule has 3 heterocycles. The molecule has 160 valence electrons. The number of hydrogen-bond acceptors (Lipinski definition) is 7. The van der Waals surface area contributed by atoms with Gasteiger partial charge in [-0.3, -0.25) is 4.79 Å². The number of carbonyl (C=O) groups is 1. The maximum absolute atomic E-state index is 14.1. The first-order chi connectivity index (χ1) is 15.0. The van der Waals surface area contributed by atoms with Gasteiger partial charge in [0, 0.05) is 0 Å². The van der Waals surface area contributed by atoms with E-state index in [1.165, 1.54) is 30.7 Å². The first-order valence-corrected chi connectivity index (χ1v) is 9.72. The highest BCUT2D eigenvalue weighted by Crippen LogP contribution is 2.27. The number of amides is 1. The average molecular weight is 426 g/mol. The highest BCUT2D eigenvalue weighted by Gasteiger charge is 2.21. The lowest BCUT2D eigenvalue weighted by molar-refractivity contribution is 0.102. The van der Waals surface area contributed by atoms with E-state index in [4.69, 9.17) is 10.5 Å². The highest BCUT2D eigenvalue weighted by atomic mass is 19.1. The summed E-state index contributed by atoms with van der Waals surface area (Å²) in [6.45, 7) is 1.66. The number of nitrogen functional groups attached to an aromatic ring is 1. The summed E-state index contributed by atoms with van der Waals surface area (Å²) in [4.78, 5) is 25.0. The molecule has 3 aromatic rings. The molecule has 1 saturated heterocycles. The molecule has 8 nitrogen and oxygen atoms in total. The van der Waals surface area contributed by atoms with E-state index in [0.29, 0.717) is 0 Å². The number of halogens is 2. The maximum Gasteiger partial charge on any atom is 0.276 e. The van der Waals surface area contributed by atoms with Gasteiger partial charge in [0.2, 0.25) is 5.88 Å². The Morgan fingerprint density at radius 2 is 1.90 bits per heavy atom. The van der Waals surface area contributed by atoms with E-state index in [2.05, 4.69) is 25.6 Å². The minimum Gasteiger partial charge on any atom is -0.473 e. The number of anilines is 2. The number of pyridine rings is 1. The van der Waals surface area contributed by atoms with E-state index >= 15 is 0 Å². The second kappa shape index (κ2) is 9.00. The Morgan fingerprint density at radius 1 is 1.16 bits per heavy atom. The summed E-state index contributed by atoms with van der Waals surface area (Å²) in [5.74, 6) is -2.04. The van der Waals surface area contributed by atoms with Gasteiger partial charge in [0.15, 0.2) is 5.69 Å². The Labute approximate surface area is 176 Å². The fourth-order valence-corrected chi connectivity index (χ4v) is 3.28. The average Bonchev–Trinajstić information content (AvgIpc) is 2.77. The lowest BCUT2D eigenvalue weighted by atomic mass is 10.1. The van der Waals surface area contributed by atoms with Crippen LogP contribution >= 0.6 is 0 Å². The van der Waals surface area contributed by atoms with Crippen LogP contribution in [0.3, 0.4) is 0 Å². The van der Waals surface area contributed by atoms with Crippen molar-refractivity contribution in [1.82, 2.24) is 20.3 Å². The molecule has 4 rings (SSSR count). The number of benzene rings is 1. The third-order valence-electron chi connectivity index (χ3n) is 4.85. The van der Waals surface area contributed by atoms with Gasteiger partial charge in [0.05, 0.1) is 23.1 Å². The summed E-state index contributed by atoms with van der Waals surface area (Å²) < 4.78 is 34.2. The Kier molecular flexibility index (Phi) is 5.99. The molecular formula is C21H20F2N6O2. The summed E-state index contributed by atoms with van der Waals surface area (Å²) in [7, 11) is 0. The summed E-state index contributed by atoms with van der Waals surface area (Å²) in [5, 5.41) is 5.87. The predicted molar refractivity (Wildman–Crippen MR) is 111 cm³/mol. The van der Waals surface area contributed by atoms with Gasteiger partial charge in [-0.1, -0.05) is 6.07 Å². The molecule has 0 aliphatic carbocycles. The van der Waals surface area contributed by atoms with Crippen molar-refractivity contribution in [1.29, 1.82) is 0 Å². The van der Waals surface area contributed by atoms with Gasteiger partial charge >= 0.3 is 0 Å². The SMILES string of the molecule is Nc1ccc(-c2c(F)cccc2F)nc1C(=O)Nc1cncnc1OC1CCNCC1. The van der Waals surface area contributed by atoms with Gasteiger partial charge in [-0.25, -0.2) is 18.7 Å². The molecule has 1 aromatic carbocycles. The van der Waals surface area contributed by atoms with Crippen LogP contribution in [0.1, 0.15) is 23.3 Å². The number of piperidine rings is 1. The van der Waals surface area contributed by atoms with Gasteiger partial charge in [-0.05, 0) is 50.2 Å². The van der Waals surface area contributed by atoms with Crippen LogP contribution in [0.4, 0.5) is 20.2 Å². The van der Waals surface area contributed by atoms with Crippen molar-refractivity contribution in [3.63, 3.8) is 0 Å². The van der Waals surface area contributed by atoms with E-state index in [-0.39, 0.29) is 40.3 Å². The van der Waals surface area contributed by atoms with Crippen LogP contribution in [0.15, 0.2) is 42.9 Å². The number of nitrogens with two attached hydrogens (primary N) is 1. The van der Waals surface area contributed by atoms with Gasteiger partial charge in [-0.2, -0.15) is 4.98 Å². The summed E-state index contributed by atoms with van der Waals surface area (Å²) >= 11 is 0. The topological polar surface area (TPSA) is 115 Å². The van der Waals surface area contributed by atoms with E-state index in [0.717, 1.165) is 38.1 Å². The summed E-state index contributed by atoms with van der Waals surface area (Å²) in [6, 6.07) is 6.20. The lowest BCUT2D eigenvalue weighted by Gasteiger charge is -2.24. The third-order valence-corrected chi connectivity index (χ3v) is 4.85. The molecule has 0 bridgehead atoms. The van der Waals surface area contributed by atoms with E-state index < -0.39 is 17.5 Å². The van der Waals surface area contributed by atoms with Crippen LogP contribution in [0.25, 0.3) is 11.3 Å². The Bertz CT molecular complexity index is 1080. The third kappa shape index (κ3) is 4.58. The van der Waals surface area contributed by atoms with Crippen molar-refractivity contribution in [2.45, 2.75) is 18.9 Å². The van der Waals surface area contributed by atoms with Gasteiger partial charge < -0.3 is 21.1 Å². The second-order valence-electron chi connectivity index (χ2n) is 6.99. The molecule has 4 N–H and O–H groups in total. The van der Waals surface area contributed by atoms with Crippen LogP contribution in [0.5, 0.6) is 5.88 Å². The Hall–Kier alpha value is -3.66. The zero-order chi connectivity index (χ0) is 21.8. The minimum atomic E-state index is -0.794. The van der Waals surface area contributed by atoms with Crippen molar-refractivity contribution < 1.29 is 18.3 Å². The molecule has 31 heavy (non-hydrogen) atoms. The molecule has 10 heteroatoms. The van der Waals surface area contributed by atoms with Crippen molar-refractivity contribution in [3.8, 4) is 17.1 Å². The lowest BCUT2D eigenvalue weighted by Crippen LogP contribution is -2.34. The first-order valence-electron chi connectivity index (χ1n) is 9.72. The fourth-order valence-electron chi connectivity index (χ4n) is 3.28. The van der Waals surface area contributed by atoms with Crippen LogP contribution < -0.4 is 21.1 Å². The van der Waals surface area contributed by atoms with Crippen molar-refractivity contribution >= 4 is 17.3 Å². The number of nitrogens with zero attached hydrogens (tertiary/aromatic N) is 3. The molecule has 0 spiro atoms. The minimum absolute atomic E-state index is 0.0395. The van der Waals surface area contributed by atoms with Crippen LogP contribution in [-0.4, -0.2) is 40.1 Å². The molecule has 1 aliphatic heterocycles. The molecule has 0 radical (unpaired) electrons. The maximum atomic E-state index is 14.1. The van der Waals surface area contributed by atoms with Crippen LogP contribution in [0, 0.1) is 11.6 Å². The zero-order valence-corrected chi connectivity index (χ0v) is 16.4. The smallest absolute Gasteiger partial charge is 0.276 e. The molecule has 0 saturated carbocycles. The normalized spacial score (nSPS) is 14.3. The molecule has 0 unspecified atom stereocenters. The quantitative estimate of drug-likeness (QED) is 0.575. The molecule has 2 aromatic heterocycles. The Balaban J connectivity index is 1.60. The van der Waals surface area contributed by atoms with Crippen molar-refractivity contribution in [3.05, 3.63) is 60.2 Å². The number of rotatable bonds is 5. The van der Waals surface area contributed by atoms with E-state index in [1.54, 1.807) is 0 Å². The second-order valence-corrected chi connectivity index (χ2v) is 6.99. The molecule has 0 atom stereocenters. The van der Waals surface area contributed by atoms with Gasteiger partial charge in [0.1, 0.15) is 29.8 Å². The Morgan fingerprint density at radius 3 is 2.65 bits per heavy atom. The van der Waals surface area contributed by atoms with E-state index in [9.17, 15) is 13.6 Å². The molecule has 1 fully saturated rings. The van der Waals surface area contributed by atoms with Crippen molar-refractivity contribution in [2.75, 3.05) is 24.1 Å². The first kappa shape index (κ1) is 20.6. The monoisotopic (exact) mass is 426 g/mol. The standard InChI is InChI=1S/C21H20F2N6O2/c22-13-2-1-3-14(23)18(13)16-5-4-15(24)19(28-16)20(30)29-17-10-26-11-27-21(17)31-12-6-8-25-9-7-12/h1-5,10-12,25H,6-9,24H2,(H,29,30). The molecule has 1 amide bonds. The van der Waals surface area contributed by atoms with Crippen LogP contribution in [0.2, 0.25) is 0 Å². The fraction of sp³-hybridized carbons (Fsp3) is 0.238. The number of ether oxygens (including phenoxy) is 1. The van der Waals surface area contributed by atoms with Crippen molar-refractivity contribution in [2.24, 2.45) is 0 Å².